The molecule has 0 atom stereocenters. The first-order valence-corrected chi connectivity index (χ1v) is 10.1. The van der Waals surface area contributed by atoms with Crippen molar-refractivity contribution in [2.45, 2.75) is 32.6 Å². The third-order valence-corrected chi connectivity index (χ3v) is 5.33. The Hall–Kier alpha value is -3.54. The van der Waals surface area contributed by atoms with Gasteiger partial charge in [-0.15, -0.1) is 0 Å². The average Bonchev–Trinajstić information content (AvgIpc) is 3.59. The first kappa shape index (κ1) is 19.8. The zero-order valence-corrected chi connectivity index (χ0v) is 17.1. The van der Waals surface area contributed by atoms with E-state index < -0.39 is 5.91 Å². The summed E-state index contributed by atoms with van der Waals surface area (Å²) in [5, 5.41) is 2.87. The first-order valence-electron chi connectivity index (χ1n) is 10.1. The maximum absolute atomic E-state index is 12.4. The number of nitrogens with two attached hydrogens (primary N) is 1. The van der Waals surface area contributed by atoms with E-state index in [1.54, 1.807) is 18.5 Å². The van der Waals surface area contributed by atoms with Gasteiger partial charge in [-0.3, -0.25) is 14.6 Å². The molecule has 1 aliphatic rings. The van der Waals surface area contributed by atoms with Crippen LogP contribution in [0.4, 0.5) is 5.82 Å². The van der Waals surface area contributed by atoms with E-state index in [1.807, 2.05) is 18.2 Å². The molecular weight excluding hydrogens is 376 g/mol. The molecule has 0 bridgehead atoms. The molecule has 1 saturated carbocycles. The quantitative estimate of drug-likeness (QED) is 0.641. The number of rotatable bonds is 6. The molecule has 0 unspecified atom stereocenters. The molecule has 1 aliphatic carbocycles. The number of amides is 2. The summed E-state index contributed by atoms with van der Waals surface area (Å²) in [5.74, 6) is 0.0262. The zero-order valence-electron chi connectivity index (χ0n) is 17.1. The van der Waals surface area contributed by atoms with Crippen LogP contribution in [0, 0.1) is 5.92 Å². The van der Waals surface area contributed by atoms with Crippen molar-refractivity contribution in [3.05, 3.63) is 66.1 Å². The number of primary amides is 1. The van der Waals surface area contributed by atoms with E-state index in [0.717, 1.165) is 24.0 Å². The minimum atomic E-state index is -0.581. The van der Waals surface area contributed by atoms with E-state index in [4.69, 9.17) is 5.73 Å². The number of nitrogens with one attached hydrogen (secondary N) is 1. The Morgan fingerprint density at radius 1 is 1.10 bits per heavy atom. The Balaban J connectivity index is 1.84. The van der Waals surface area contributed by atoms with Gasteiger partial charge in [-0.1, -0.05) is 38.1 Å². The van der Waals surface area contributed by atoms with Gasteiger partial charge in [-0.2, -0.15) is 0 Å². The molecule has 30 heavy (non-hydrogen) atoms. The fourth-order valence-corrected chi connectivity index (χ4v) is 3.61. The SMILES string of the molecule is CC(C)c1ccccc1-c1cncc(-c2c(C(N)=O)ccnc2NC(=O)C2CC2)c1. The van der Waals surface area contributed by atoms with Crippen molar-refractivity contribution < 1.29 is 9.59 Å². The highest BCUT2D eigenvalue weighted by atomic mass is 16.2. The lowest BCUT2D eigenvalue weighted by Gasteiger charge is -2.16. The molecule has 2 aromatic heterocycles. The van der Waals surface area contributed by atoms with Crippen molar-refractivity contribution in [1.29, 1.82) is 0 Å². The van der Waals surface area contributed by atoms with E-state index in [0.29, 0.717) is 28.4 Å². The molecule has 2 heterocycles. The molecule has 6 heteroatoms. The van der Waals surface area contributed by atoms with E-state index in [1.165, 1.54) is 11.8 Å². The van der Waals surface area contributed by atoms with Crippen molar-refractivity contribution >= 4 is 17.6 Å². The fourth-order valence-electron chi connectivity index (χ4n) is 3.61. The van der Waals surface area contributed by atoms with Crippen molar-refractivity contribution in [1.82, 2.24) is 9.97 Å². The van der Waals surface area contributed by atoms with Gasteiger partial charge in [0.25, 0.3) is 0 Å². The van der Waals surface area contributed by atoms with Gasteiger partial charge in [0.05, 0.1) is 5.56 Å². The first-order chi connectivity index (χ1) is 14.5. The second kappa shape index (κ2) is 8.06. The van der Waals surface area contributed by atoms with E-state index in [2.05, 4.69) is 41.3 Å². The lowest BCUT2D eigenvalue weighted by atomic mass is 9.92. The summed E-state index contributed by atoms with van der Waals surface area (Å²) in [7, 11) is 0. The van der Waals surface area contributed by atoms with Gasteiger partial charge in [0.15, 0.2) is 0 Å². The smallest absolute Gasteiger partial charge is 0.249 e. The summed E-state index contributed by atoms with van der Waals surface area (Å²) >= 11 is 0. The maximum Gasteiger partial charge on any atom is 0.249 e. The number of benzene rings is 1. The number of carbonyl (C=O) groups is 2. The third kappa shape index (κ3) is 3.94. The summed E-state index contributed by atoms with van der Waals surface area (Å²) < 4.78 is 0. The van der Waals surface area contributed by atoms with Crippen LogP contribution >= 0.6 is 0 Å². The van der Waals surface area contributed by atoms with Gasteiger partial charge in [0.2, 0.25) is 11.8 Å². The standard InChI is InChI=1S/C24H24N4O2/c1-14(2)18-5-3-4-6-19(18)16-11-17(13-26-12-16)21-20(22(25)29)9-10-27-23(21)28-24(30)15-7-8-15/h3-6,9-15H,7-8H2,1-2H3,(H2,25,29)(H,27,28,30). The Bertz CT molecular complexity index is 1120. The summed E-state index contributed by atoms with van der Waals surface area (Å²) in [4.78, 5) is 33.2. The Labute approximate surface area is 175 Å². The van der Waals surface area contributed by atoms with Gasteiger partial charge in [-0.05, 0) is 42.0 Å². The van der Waals surface area contributed by atoms with Crippen LogP contribution in [0.5, 0.6) is 0 Å². The molecular formula is C24H24N4O2. The van der Waals surface area contributed by atoms with Crippen LogP contribution in [-0.2, 0) is 4.79 Å². The number of hydrogen-bond donors (Lipinski definition) is 2. The summed E-state index contributed by atoms with van der Waals surface area (Å²) in [6.07, 6.45) is 6.70. The Morgan fingerprint density at radius 2 is 1.83 bits per heavy atom. The minimum Gasteiger partial charge on any atom is -0.366 e. The van der Waals surface area contributed by atoms with Gasteiger partial charge in [-0.25, -0.2) is 4.98 Å². The second-order valence-electron chi connectivity index (χ2n) is 7.91. The molecule has 0 spiro atoms. The largest absolute Gasteiger partial charge is 0.366 e. The van der Waals surface area contributed by atoms with Crippen molar-refractivity contribution in [3.8, 4) is 22.3 Å². The number of pyridine rings is 2. The minimum absolute atomic E-state index is 0.0132. The van der Waals surface area contributed by atoms with E-state index in [9.17, 15) is 9.59 Å². The predicted molar refractivity (Wildman–Crippen MR) is 117 cm³/mol. The van der Waals surface area contributed by atoms with Crippen LogP contribution in [0.2, 0.25) is 0 Å². The van der Waals surface area contributed by atoms with Crippen molar-refractivity contribution in [2.75, 3.05) is 5.32 Å². The summed E-state index contributed by atoms with van der Waals surface area (Å²) in [5.41, 5.74) is 10.3. The molecule has 0 saturated heterocycles. The highest BCUT2D eigenvalue weighted by Gasteiger charge is 2.31. The number of nitrogens with zero attached hydrogens (tertiary/aromatic N) is 2. The molecule has 0 radical (unpaired) electrons. The highest BCUT2D eigenvalue weighted by Crippen LogP contribution is 2.36. The zero-order chi connectivity index (χ0) is 21.3. The van der Waals surface area contributed by atoms with Crippen LogP contribution in [-0.4, -0.2) is 21.8 Å². The molecule has 1 aromatic carbocycles. The van der Waals surface area contributed by atoms with Gasteiger partial charge >= 0.3 is 0 Å². The monoisotopic (exact) mass is 400 g/mol. The number of anilines is 1. The Morgan fingerprint density at radius 3 is 2.53 bits per heavy atom. The molecule has 1 fully saturated rings. The maximum atomic E-state index is 12.4. The van der Waals surface area contributed by atoms with Gasteiger partial charge in [0, 0.05) is 41.2 Å². The topological polar surface area (TPSA) is 98.0 Å². The lowest BCUT2D eigenvalue weighted by molar-refractivity contribution is -0.117. The Kier molecular flexibility index (Phi) is 5.31. The normalized spacial score (nSPS) is 13.3. The van der Waals surface area contributed by atoms with Crippen LogP contribution in [0.15, 0.2) is 55.0 Å². The van der Waals surface area contributed by atoms with E-state index >= 15 is 0 Å². The second-order valence-corrected chi connectivity index (χ2v) is 7.91. The lowest BCUT2D eigenvalue weighted by Crippen LogP contribution is -2.18. The van der Waals surface area contributed by atoms with E-state index in [-0.39, 0.29) is 11.8 Å². The van der Waals surface area contributed by atoms with Crippen LogP contribution in [0.3, 0.4) is 0 Å². The summed E-state index contributed by atoms with van der Waals surface area (Å²) in [6, 6.07) is 11.7. The van der Waals surface area contributed by atoms with Crippen molar-refractivity contribution in [2.24, 2.45) is 11.7 Å². The van der Waals surface area contributed by atoms with Crippen LogP contribution in [0.25, 0.3) is 22.3 Å². The van der Waals surface area contributed by atoms with Crippen LogP contribution < -0.4 is 11.1 Å². The van der Waals surface area contributed by atoms with Crippen LogP contribution in [0.1, 0.15) is 48.5 Å². The predicted octanol–water partition coefficient (Wildman–Crippen LogP) is 4.38. The molecule has 6 nitrogen and oxygen atoms in total. The van der Waals surface area contributed by atoms with Gasteiger partial charge in [0.1, 0.15) is 5.82 Å². The van der Waals surface area contributed by atoms with Crippen molar-refractivity contribution in [3.63, 3.8) is 0 Å². The molecule has 3 N–H and O–H groups in total. The molecule has 2 amide bonds. The molecule has 4 rings (SSSR count). The average molecular weight is 400 g/mol. The number of aromatic nitrogens is 2. The highest BCUT2D eigenvalue weighted by molar-refractivity contribution is 6.05. The number of carbonyl (C=O) groups excluding carboxylic acids is 2. The molecule has 0 aliphatic heterocycles. The third-order valence-electron chi connectivity index (χ3n) is 5.33. The fraction of sp³-hybridized carbons (Fsp3) is 0.250. The molecule has 152 valence electrons. The van der Waals surface area contributed by atoms with Gasteiger partial charge < -0.3 is 11.1 Å². The molecule has 3 aromatic rings. The number of hydrogen-bond acceptors (Lipinski definition) is 4. The summed E-state index contributed by atoms with van der Waals surface area (Å²) in [6.45, 7) is 4.29.